The highest BCUT2D eigenvalue weighted by atomic mass is 32.1. The molecule has 2 heterocycles. The molecule has 1 atom stereocenters. The fourth-order valence-corrected chi connectivity index (χ4v) is 4.07. The number of para-hydroxylation sites is 2. The Hall–Kier alpha value is -3.73. The van der Waals surface area contributed by atoms with Crippen LogP contribution in [0.15, 0.2) is 47.5 Å². The van der Waals surface area contributed by atoms with E-state index in [-0.39, 0.29) is 30.2 Å². The summed E-state index contributed by atoms with van der Waals surface area (Å²) >= 11 is 1.13. The van der Waals surface area contributed by atoms with E-state index >= 15 is 0 Å². The van der Waals surface area contributed by atoms with E-state index in [2.05, 4.69) is 4.99 Å². The summed E-state index contributed by atoms with van der Waals surface area (Å²) in [6, 6.07) is 11.2. The molecule has 1 unspecified atom stereocenters. The van der Waals surface area contributed by atoms with Gasteiger partial charge in [0.25, 0.3) is 11.6 Å². The average molecular weight is 443 g/mol. The molecule has 0 saturated carbocycles. The quantitative estimate of drug-likeness (QED) is 0.337. The van der Waals surface area contributed by atoms with Gasteiger partial charge in [-0.2, -0.15) is 4.99 Å². The van der Waals surface area contributed by atoms with Gasteiger partial charge in [-0.1, -0.05) is 23.5 Å². The number of carbonyl (C=O) groups excluding carboxylic acids is 2. The summed E-state index contributed by atoms with van der Waals surface area (Å²) in [7, 11) is 0. The van der Waals surface area contributed by atoms with Crippen molar-refractivity contribution in [2.45, 2.75) is 19.6 Å². The van der Waals surface area contributed by atoms with Crippen LogP contribution in [0.25, 0.3) is 10.2 Å². The minimum absolute atomic E-state index is 0.00636. The van der Waals surface area contributed by atoms with Crippen LogP contribution in [-0.2, 0) is 20.9 Å². The fourth-order valence-electron chi connectivity index (χ4n) is 3.05. The Labute approximate surface area is 179 Å². The van der Waals surface area contributed by atoms with Gasteiger partial charge in [-0.05, 0) is 25.1 Å². The standard InChI is InChI=1S/C20H17N3O7S/c1-2-28-18(24)10-22-13-9-12(23(26)27)7-8-17(13)31-20(22)21-19(25)16-11-29-14-5-3-4-6-15(14)30-16/h3-9,16H,2,10-11H2,1H3. The lowest BCUT2D eigenvalue weighted by Crippen LogP contribution is -2.37. The van der Waals surface area contributed by atoms with E-state index < -0.39 is 22.9 Å². The number of benzene rings is 2. The number of nitro groups is 1. The van der Waals surface area contributed by atoms with Gasteiger partial charge in [-0.3, -0.25) is 19.7 Å². The van der Waals surface area contributed by atoms with Gasteiger partial charge in [0.15, 0.2) is 16.3 Å². The topological polar surface area (TPSA) is 122 Å². The lowest BCUT2D eigenvalue weighted by Gasteiger charge is -2.23. The maximum Gasteiger partial charge on any atom is 0.326 e. The summed E-state index contributed by atoms with van der Waals surface area (Å²) in [6.45, 7) is 1.60. The minimum atomic E-state index is -0.953. The molecule has 0 bridgehead atoms. The highest BCUT2D eigenvalue weighted by Gasteiger charge is 2.27. The molecule has 1 amide bonds. The molecule has 0 N–H and O–H groups in total. The van der Waals surface area contributed by atoms with Crippen molar-refractivity contribution in [3.05, 3.63) is 57.4 Å². The van der Waals surface area contributed by atoms with Crippen molar-refractivity contribution in [1.29, 1.82) is 0 Å². The third-order valence-electron chi connectivity index (χ3n) is 4.46. The number of carbonyl (C=O) groups is 2. The molecule has 1 aromatic heterocycles. The van der Waals surface area contributed by atoms with Crippen molar-refractivity contribution in [2.75, 3.05) is 13.2 Å². The van der Waals surface area contributed by atoms with Crippen LogP contribution in [0, 0.1) is 10.1 Å². The number of ether oxygens (including phenoxy) is 3. The monoisotopic (exact) mass is 443 g/mol. The molecule has 1 aliphatic rings. The van der Waals surface area contributed by atoms with Crippen LogP contribution in [0.5, 0.6) is 11.5 Å². The Balaban J connectivity index is 1.73. The van der Waals surface area contributed by atoms with Crippen LogP contribution >= 0.6 is 11.3 Å². The third kappa shape index (κ3) is 4.26. The van der Waals surface area contributed by atoms with Crippen molar-refractivity contribution in [2.24, 2.45) is 4.99 Å². The lowest BCUT2D eigenvalue weighted by molar-refractivity contribution is -0.384. The first kappa shape index (κ1) is 20.5. The van der Waals surface area contributed by atoms with Crippen LogP contribution in [-0.4, -0.2) is 40.7 Å². The zero-order valence-corrected chi connectivity index (χ0v) is 17.2. The smallest absolute Gasteiger partial charge is 0.326 e. The molecule has 160 valence electrons. The molecule has 3 aromatic rings. The van der Waals surface area contributed by atoms with Gasteiger partial charge in [0.2, 0.25) is 6.10 Å². The predicted molar refractivity (Wildman–Crippen MR) is 110 cm³/mol. The summed E-state index contributed by atoms with van der Waals surface area (Å²) in [5.74, 6) is -0.159. The van der Waals surface area contributed by atoms with Crippen molar-refractivity contribution >= 4 is 39.1 Å². The van der Waals surface area contributed by atoms with Crippen molar-refractivity contribution < 1.29 is 28.7 Å². The third-order valence-corrected chi connectivity index (χ3v) is 5.52. The highest BCUT2D eigenvalue weighted by molar-refractivity contribution is 7.16. The molecule has 0 saturated heterocycles. The molecule has 2 aromatic carbocycles. The van der Waals surface area contributed by atoms with Gasteiger partial charge in [0.05, 0.1) is 21.7 Å². The average Bonchev–Trinajstić information content (AvgIpc) is 3.09. The maximum absolute atomic E-state index is 12.8. The first-order valence-corrected chi connectivity index (χ1v) is 10.2. The van der Waals surface area contributed by atoms with Crippen LogP contribution in [0.3, 0.4) is 0 Å². The predicted octanol–water partition coefficient (Wildman–Crippen LogP) is 2.44. The Morgan fingerprint density at radius 2 is 2.06 bits per heavy atom. The molecule has 0 aliphatic carbocycles. The number of esters is 1. The zero-order chi connectivity index (χ0) is 22.0. The van der Waals surface area contributed by atoms with Gasteiger partial charge in [0, 0.05) is 12.1 Å². The highest BCUT2D eigenvalue weighted by Crippen LogP contribution is 2.31. The van der Waals surface area contributed by atoms with Gasteiger partial charge in [-0.15, -0.1) is 0 Å². The minimum Gasteiger partial charge on any atom is -0.485 e. The maximum atomic E-state index is 12.8. The number of hydrogen-bond acceptors (Lipinski definition) is 8. The molecule has 4 rings (SSSR count). The second-order valence-corrected chi connectivity index (χ2v) is 7.51. The molecular weight excluding hydrogens is 426 g/mol. The first-order valence-electron chi connectivity index (χ1n) is 9.36. The van der Waals surface area contributed by atoms with Crippen LogP contribution < -0.4 is 14.3 Å². The van der Waals surface area contributed by atoms with E-state index in [0.717, 1.165) is 11.3 Å². The van der Waals surface area contributed by atoms with Crippen LogP contribution in [0.1, 0.15) is 6.92 Å². The zero-order valence-electron chi connectivity index (χ0n) is 16.3. The molecular formula is C20H17N3O7S. The first-order chi connectivity index (χ1) is 15.0. The van der Waals surface area contributed by atoms with Gasteiger partial charge in [0.1, 0.15) is 13.2 Å². The van der Waals surface area contributed by atoms with Crippen molar-refractivity contribution in [3.63, 3.8) is 0 Å². The van der Waals surface area contributed by atoms with E-state index in [1.807, 2.05) is 0 Å². The van der Waals surface area contributed by atoms with Crippen molar-refractivity contribution in [1.82, 2.24) is 4.57 Å². The van der Waals surface area contributed by atoms with E-state index in [1.165, 1.54) is 16.7 Å². The summed E-state index contributed by atoms with van der Waals surface area (Å²) in [6.07, 6.45) is -0.953. The van der Waals surface area contributed by atoms with E-state index in [9.17, 15) is 19.7 Å². The summed E-state index contributed by atoms with van der Waals surface area (Å²) in [5.41, 5.74) is 0.270. The number of non-ortho nitro benzene ring substituents is 1. The number of thiazole rings is 1. The van der Waals surface area contributed by atoms with E-state index in [1.54, 1.807) is 37.3 Å². The number of amides is 1. The second-order valence-electron chi connectivity index (χ2n) is 6.50. The Morgan fingerprint density at radius 1 is 1.29 bits per heavy atom. The molecule has 10 nitrogen and oxygen atoms in total. The van der Waals surface area contributed by atoms with E-state index in [4.69, 9.17) is 14.2 Å². The summed E-state index contributed by atoms with van der Waals surface area (Å²) < 4.78 is 18.3. The number of hydrogen-bond donors (Lipinski definition) is 0. The van der Waals surface area contributed by atoms with Gasteiger partial charge >= 0.3 is 5.97 Å². The molecule has 0 radical (unpaired) electrons. The molecule has 0 spiro atoms. The number of nitrogens with zero attached hydrogens (tertiary/aromatic N) is 3. The van der Waals surface area contributed by atoms with Crippen LogP contribution in [0.4, 0.5) is 5.69 Å². The molecule has 11 heteroatoms. The fraction of sp³-hybridized carbons (Fsp3) is 0.250. The summed E-state index contributed by atoms with van der Waals surface area (Å²) in [5, 5.41) is 11.2. The Bertz CT molecular complexity index is 1250. The lowest BCUT2D eigenvalue weighted by atomic mass is 10.2. The van der Waals surface area contributed by atoms with E-state index in [0.29, 0.717) is 21.7 Å². The molecule has 31 heavy (non-hydrogen) atoms. The molecule has 0 fully saturated rings. The SMILES string of the molecule is CCOC(=O)Cn1c(=NC(=O)C2COc3ccccc3O2)sc2ccc([N+](=O)[O-])cc21. The largest absolute Gasteiger partial charge is 0.485 e. The van der Waals surface area contributed by atoms with Crippen molar-refractivity contribution in [3.8, 4) is 11.5 Å². The Morgan fingerprint density at radius 3 is 2.81 bits per heavy atom. The normalized spacial score (nSPS) is 15.6. The molecule has 1 aliphatic heterocycles. The second kappa shape index (κ2) is 8.56. The number of aromatic nitrogens is 1. The van der Waals surface area contributed by atoms with Crippen LogP contribution in [0.2, 0.25) is 0 Å². The van der Waals surface area contributed by atoms with Gasteiger partial charge < -0.3 is 18.8 Å². The van der Waals surface area contributed by atoms with Gasteiger partial charge in [-0.25, -0.2) is 0 Å². The number of fused-ring (bicyclic) bond motifs is 2. The number of rotatable bonds is 5. The number of nitro benzene ring substituents is 1. The Kier molecular flexibility index (Phi) is 5.67. The summed E-state index contributed by atoms with van der Waals surface area (Å²) in [4.78, 5) is 39.9.